The summed E-state index contributed by atoms with van der Waals surface area (Å²) in [5.41, 5.74) is 0.639. The number of benzene rings is 2. The average molecular weight is 354 g/mol. The van der Waals surface area contributed by atoms with Gasteiger partial charge in [-0.2, -0.15) is 0 Å². The Morgan fingerprint density at radius 3 is 2.00 bits per heavy atom. The molecule has 0 aromatic heterocycles. The molecule has 0 radical (unpaired) electrons. The molecule has 0 spiro atoms. The maximum Gasteiger partial charge on any atom is 0.336 e. The number of carbonyl (C=O) groups is 3. The molecule has 7 heteroatoms. The Bertz CT molecular complexity index is 842. The van der Waals surface area contributed by atoms with Crippen molar-refractivity contribution in [3.05, 3.63) is 65.2 Å². The molecule has 0 saturated carbocycles. The highest BCUT2D eigenvalue weighted by Gasteiger charge is 2.26. The van der Waals surface area contributed by atoms with Crippen molar-refractivity contribution >= 4 is 23.5 Å². The Balaban J connectivity index is 1.76. The van der Waals surface area contributed by atoms with Crippen molar-refractivity contribution in [1.29, 1.82) is 0 Å². The number of piperazine rings is 1. The van der Waals surface area contributed by atoms with Gasteiger partial charge in [0, 0.05) is 31.9 Å². The van der Waals surface area contributed by atoms with Crippen LogP contribution in [0.1, 0.15) is 31.1 Å². The summed E-state index contributed by atoms with van der Waals surface area (Å²) < 4.78 is 0. The van der Waals surface area contributed by atoms with Crippen molar-refractivity contribution in [2.75, 3.05) is 31.1 Å². The molecule has 1 amide bonds. The molecule has 0 aliphatic carbocycles. The van der Waals surface area contributed by atoms with Gasteiger partial charge in [0.25, 0.3) is 5.91 Å². The number of nitrogens with zero attached hydrogens (tertiary/aromatic N) is 2. The summed E-state index contributed by atoms with van der Waals surface area (Å²) >= 11 is 0. The highest BCUT2D eigenvalue weighted by molar-refractivity contribution is 6.06. The second kappa shape index (κ2) is 7.26. The van der Waals surface area contributed by atoms with Crippen molar-refractivity contribution < 1.29 is 24.6 Å². The normalized spacial score (nSPS) is 14.2. The molecule has 0 atom stereocenters. The van der Waals surface area contributed by atoms with Crippen molar-refractivity contribution in [3.63, 3.8) is 0 Å². The largest absolute Gasteiger partial charge is 0.478 e. The lowest BCUT2D eigenvalue weighted by molar-refractivity contribution is 0.0671. The molecule has 2 aromatic carbocycles. The minimum atomic E-state index is -1.32. The zero-order valence-corrected chi connectivity index (χ0v) is 14.0. The molecule has 7 nitrogen and oxygen atoms in total. The van der Waals surface area contributed by atoms with Gasteiger partial charge in [0.15, 0.2) is 0 Å². The number of amides is 1. The number of hydrogen-bond acceptors (Lipinski definition) is 4. The second-order valence-electron chi connectivity index (χ2n) is 5.99. The summed E-state index contributed by atoms with van der Waals surface area (Å²) in [6.07, 6.45) is 0. The summed E-state index contributed by atoms with van der Waals surface area (Å²) in [4.78, 5) is 39.0. The van der Waals surface area contributed by atoms with Crippen LogP contribution in [-0.2, 0) is 0 Å². The van der Waals surface area contributed by atoms with Crippen molar-refractivity contribution in [3.8, 4) is 0 Å². The second-order valence-corrected chi connectivity index (χ2v) is 5.99. The molecular weight excluding hydrogens is 336 g/mol. The fourth-order valence-corrected chi connectivity index (χ4v) is 3.02. The van der Waals surface area contributed by atoms with Gasteiger partial charge < -0.3 is 20.0 Å². The molecule has 1 fully saturated rings. The van der Waals surface area contributed by atoms with Crippen LogP contribution in [0.25, 0.3) is 0 Å². The van der Waals surface area contributed by atoms with E-state index in [0.29, 0.717) is 26.2 Å². The molecule has 26 heavy (non-hydrogen) atoms. The Morgan fingerprint density at radius 1 is 0.769 bits per heavy atom. The zero-order valence-electron chi connectivity index (χ0n) is 14.0. The number of hydrogen-bond donors (Lipinski definition) is 2. The molecule has 2 aromatic rings. The summed E-state index contributed by atoms with van der Waals surface area (Å²) in [5, 5.41) is 18.4. The van der Waals surface area contributed by atoms with E-state index in [2.05, 4.69) is 4.90 Å². The number of aromatic carboxylic acids is 2. The number of para-hydroxylation sites is 1. The smallest absolute Gasteiger partial charge is 0.336 e. The lowest BCUT2D eigenvalue weighted by Gasteiger charge is -2.36. The molecule has 3 rings (SSSR count). The Kier molecular flexibility index (Phi) is 4.88. The predicted molar refractivity (Wildman–Crippen MR) is 94.9 cm³/mol. The first-order valence-corrected chi connectivity index (χ1v) is 8.17. The van der Waals surface area contributed by atoms with Crippen LogP contribution in [-0.4, -0.2) is 59.1 Å². The first-order chi connectivity index (χ1) is 12.5. The van der Waals surface area contributed by atoms with Crippen LogP contribution < -0.4 is 4.90 Å². The first-order valence-electron chi connectivity index (χ1n) is 8.17. The topological polar surface area (TPSA) is 98.2 Å². The van der Waals surface area contributed by atoms with Gasteiger partial charge in [-0.15, -0.1) is 0 Å². The number of anilines is 1. The summed E-state index contributed by atoms with van der Waals surface area (Å²) in [7, 11) is 0. The fourth-order valence-electron chi connectivity index (χ4n) is 3.02. The van der Waals surface area contributed by atoms with Crippen LogP contribution in [0.5, 0.6) is 0 Å². The van der Waals surface area contributed by atoms with E-state index in [0.717, 1.165) is 11.8 Å². The lowest BCUT2D eigenvalue weighted by atomic mass is 10.0. The molecular formula is C19H18N2O5. The SMILES string of the molecule is O=C(O)c1ccc(C(=O)N2CCN(c3ccccc3)CC2)c(C(=O)O)c1. The lowest BCUT2D eigenvalue weighted by Crippen LogP contribution is -2.49. The van der Waals surface area contributed by atoms with Gasteiger partial charge in [0.05, 0.1) is 16.7 Å². The van der Waals surface area contributed by atoms with Crippen molar-refractivity contribution in [2.24, 2.45) is 0 Å². The Hall–Kier alpha value is -3.35. The van der Waals surface area contributed by atoms with Crippen LogP contribution >= 0.6 is 0 Å². The van der Waals surface area contributed by atoms with E-state index < -0.39 is 17.8 Å². The minimum Gasteiger partial charge on any atom is -0.478 e. The third-order valence-corrected chi connectivity index (χ3v) is 4.42. The number of rotatable bonds is 4. The molecule has 0 bridgehead atoms. The average Bonchev–Trinajstić information content (AvgIpc) is 2.67. The van der Waals surface area contributed by atoms with E-state index in [1.54, 1.807) is 4.90 Å². The molecule has 0 unspecified atom stereocenters. The van der Waals surface area contributed by atoms with E-state index in [-0.39, 0.29) is 16.7 Å². The summed E-state index contributed by atoms with van der Waals surface area (Å²) in [6.45, 7) is 2.22. The summed E-state index contributed by atoms with van der Waals surface area (Å²) in [5.74, 6) is -2.95. The van der Waals surface area contributed by atoms with E-state index in [4.69, 9.17) is 5.11 Å². The van der Waals surface area contributed by atoms with E-state index in [1.165, 1.54) is 12.1 Å². The third kappa shape index (κ3) is 3.51. The maximum absolute atomic E-state index is 12.7. The minimum absolute atomic E-state index is 0.00987. The van der Waals surface area contributed by atoms with Gasteiger partial charge in [0.2, 0.25) is 0 Å². The fraction of sp³-hybridized carbons (Fsp3) is 0.211. The van der Waals surface area contributed by atoms with Crippen molar-refractivity contribution in [1.82, 2.24) is 4.90 Å². The van der Waals surface area contributed by atoms with Crippen LogP contribution in [0.3, 0.4) is 0 Å². The number of carboxylic acid groups (broad SMARTS) is 2. The van der Waals surface area contributed by atoms with Gasteiger partial charge in [0.1, 0.15) is 0 Å². The summed E-state index contributed by atoms with van der Waals surface area (Å²) in [6, 6.07) is 13.4. The predicted octanol–water partition coefficient (Wildman–Crippen LogP) is 2.05. The molecule has 2 N–H and O–H groups in total. The van der Waals surface area contributed by atoms with Gasteiger partial charge >= 0.3 is 11.9 Å². The van der Waals surface area contributed by atoms with Crippen molar-refractivity contribution in [2.45, 2.75) is 0 Å². The van der Waals surface area contributed by atoms with Gasteiger partial charge in [-0.1, -0.05) is 18.2 Å². The van der Waals surface area contributed by atoms with E-state index >= 15 is 0 Å². The van der Waals surface area contributed by atoms with E-state index in [9.17, 15) is 19.5 Å². The Morgan fingerprint density at radius 2 is 1.42 bits per heavy atom. The molecule has 1 heterocycles. The third-order valence-electron chi connectivity index (χ3n) is 4.42. The van der Waals surface area contributed by atoms with E-state index in [1.807, 2.05) is 30.3 Å². The highest BCUT2D eigenvalue weighted by Crippen LogP contribution is 2.19. The number of carboxylic acids is 2. The Labute approximate surface area is 150 Å². The molecule has 1 aliphatic rings. The van der Waals surface area contributed by atoms with Crippen LogP contribution in [0.4, 0.5) is 5.69 Å². The molecule has 1 aliphatic heterocycles. The zero-order chi connectivity index (χ0) is 18.7. The van der Waals surface area contributed by atoms with Crippen LogP contribution in [0.2, 0.25) is 0 Å². The van der Waals surface area contributed by atoms with Gasteiger partial charge in [-0.25, -0.2) is 9.59 Å². The van der Waals surface area contributed by atoms with Crippen LogP contribution in [0.15, 0.2) is 48.5 Å². The maximum atomic E-state index is 12.7. The molecule has 134 valence electrons. The standard InChI is InChI=1S/C19H18N2O5/c22-17(15-7-6-13(18(23)24)12-16(15)19(25)26)21-10-8-20(9-11-21)14-4-2-1-3-5-14/h1-7,12H,8-11H2,(H,23,24)(H,25,26). The quantitative estimate of drug-likeness (QED) is 0.872. The highest BCUT2D eigenvalue weighted by atomic mass is 16.4. The first kappa shape index (κ1) is 17.5. The van der Waals surface area contributed by atoms with Gasteiger partial charge in [-0.05, 0) is 30.3 Å². The monoisotopic (exact) mass is 354 g/mol. The molecule has 1 saturated heterocycles. The number of carbonyl (C=O) groups excluding carboxylic acids is 1. The van der Waals surface area contributed by atoms with Crippen LogP contribution in [0, 0.1) is 0 Å². The van der Waals surface area contributed by atoms with Gasteiger partial charge in [-0.3, -0.25) is 4.79 Å².